The molecule has 96 valence electrons. The highest BCUT2D eigenvalue weighted by molar-refractivity contribution is 6.29. The van der Waals surface area contributed by atoms with Crippen molar-refractivity contribution < 1.29 is 0 Å². The third-order valence-electron chi connectivity index (χ3n) is 2.77. The van der Waals surface area contributed by atoms with Crippen molar-refractivity contribution in [1.82, 2.24) is 25.0 Å². The van der Waals surface area contributed by atoms with Crippen LogP contribution in [0.4, 0.5) is 0 Å². The molecule has 19 heavy (non-hydrogen) atoms. The minimum Gasteiger partial charge on any atom is -0.221 e. The molecule has 0 spiro atoms. The summed E-state index contributed by atoms with van der Waals surface area (Å²) < 4.78 is 1.68. The lowest BCUT2D eigenvalue weighted by Gasteiger charge is -2.04. The highest BCUT2D eigenvalue weighted by atomic mass is 35.5. The van der Waals surface area contributed by atoms with Gasteiger partial charge in [0.05, 0.1) is 5.52 Å². The van der Waals surface area contributed by atoms with Gasteiger partial charge in [0.1, 0.15) is 16.5 Å². The van der Waals surface area contributed by atoms with E-state index in [-0.39, 0.29) is 0 Å². The second-order valence-electron chi connectivity index (χ2n) is 4.21. The molecule has 0 aliphatic heterocycles. The van der Waals surface area contributed by atoms with Crippen molar-refractivity contribution in [2.24, 2.45) is 0 Å². The second kappa shape index (κ2) is 4.93. The van der Waals surface area contributed by atoms with E-state index in [4.69, 9.17) is 11.6 Å². The van der Waals surface area contributed by atoms with E-state index in [1.54, 1.807) is 10.7 Å². The second-order valence-corrected chi connectivity index (χ2v) is 4.59. The SMILES string of the molecule is CCCc1nc(Cl)cc(-n2nnc3ccccc32)n1. The van der Waals surface area contributed by atoms with Crippen molar-refractivity contribution in [2.45, 2.75) is 19.8 Å². The lowest BCUT2D eigenvalue weighted by molar-refractivity contribution is 0.766. The number of aromatic nitrogens is 5. The molecule has 0 saturated heterocycles. The van der Waals surface area contributed by atoms with Gasteiger partial charge < -0.3 is 0 Å². The summed E-state index contributed by atoms with van der Waals surface area (Å²) in [5.74, 6) is 1.38. The summed E-state index contributed by atoms with van der Waals surface area (Å²) in [4.78, 5) is 8.69. The molecule has 0 aliphatic carbocycles. The number of nitrogens with zero attached hydrogens (tertiary/aromatic N) is 5. The van der Waals surface area contributed by atoms with Crippen molar-refractivity contribution in [2.75, 3.05) is 0 Å². The van der Waals surface area contributed by atoms with Gasteiger partial charge in [-0.05, 0) is 18.6 Å². The van der Waals surface area contributed by atoms with Gasteiger partial charge in [0.15, 0.2) is 5.82 Å². The molecule has 0 saturated carbocycles. The number of hydrogen-bond acceptors (Lipinski definition) is 4. The number of hydrogen-bond donors (Lipinski definition) is 0. The van der Waals surface area contributed by atoms with Gasteiger partial charge in [-0.1, -0.05) is 35.9 Å². The molecule has 0 bridgehead atoms. The van der Waals surface area contributed by atoms with Crippen LogP contribution in [0.5, 0.6) is 0 Å². The van der Waals surface area contributed by atoms with Gasteiger partial charge in [0.2, 0.25) is 0 Å². The monoisotopic (exact) mass is 273 g/mol. The zero-order chi connectivity index (χ0) is 13.2. The van der Waals surface area contributed by atoms with E-state index < -0.39 is 0 Å². The van der Waals surface area contributed by atoms with Gasteiger partial charge >= 0.3 is 0 Å². The molecule has 0 unspecified atom stereocenters. The average molecular weight is 274 g/mol. The van der Waals surface area contributed by atoms with Crippen LogP contribution in [0.25, 0.3) is 16.9 Å². The molecule has 2 aromatic heterocycles. The Kier molecular flexibility index (Phi) is 3.13. The Labute approximate surface area is 115 Å². The predicted molar refractivity (Wildman–Crippen MR) is 73.5 cm³/mol. The molecule has 5 nitrogen and oxygen atoms in total. The van der Waals surface area contributed by atoms with Crippen LogP contribution >= 0.6 is 11.6 Å². The Balaban J connectivity index is 2.15. The van der Waals surface area contributed by atoms with E-state index >= 15 is 0 Å². The number of benzene rings is 1. The highest BCUT2D eigenvalue weighted by Crippen LogP contribution is 2.17. The standard InChI is InChI=1S/C13H12ClN5/c1-2-5-12-15-11(14)8-13(16-12)19-10-7-4-3-6-9(10)17-18-19/h3-4,6-8H,2,5H2,1H3. The van der Waals surface area contributed by atoms with Gasteiger partial charge in [0, 0.05) is 12.5 Å². The first-order valence-electron chi connectivity index (χ1n) is 6.12. The van der Waals surface area contributed by atoms with Crippen LogP contribution in [-0.2, 0) is 6.42 Å². The molecule has 3 aromatic rings. The van der Waals surface area contributed by atoms with Crippen LogP contribution in [0.2, 0.25) is 5.15 Å². The summed E-state index contributed by atoms with van der Waals surface area (Å²) in [7, 11) is 0. The van der Waals surface area contributed by atoms with Crippen molar-refractivity contribution in [1.29, 1.82) is 0 Å². The van der Waals surface area contributed by atoms with Crippen molar-refractivity contribution >= 4 is 22.6 Å². The number of aryl methyl sites for hydroxylation is 1. The topological polar surface area (TPSA) is 56.5 Å². The predicted octanol–water partition coefficient (Wildman–Crippen LogP) is 2.82. The molecule has 1 aromatic carbocycles. The first-order chi connectivity index (χ1) is 9.28. The Bertz CT molecular complexity index is 722. The van der Waals surface area contributed by atoms with Crippen molar-refractivity contribution in [3.8, 4) is 5.82 Å². The average Bonchev–Trinajstić information content (AvgIpc) is 2.82. The van der Waals surface area contributed by atoms with Crippen LogP contribution in [-0.4, -0.2) is 25.0 Å². The third kappa shape index (κ3) is 2.29. The summed E-state index contributed by atoms with van der Waals surface area (Å²) in [5, 5.41) is 8.66. The summed E-state index contributed by atoms with van der Waals surface area (Å²) in [6.07, 6.45) is 1.76. The molecule has 0 aliphatic rings. The largest absolute Gasteiger partial charge is 0.221 e. The molecule has 3 rings (SSSR count). The van der Waals surface area contributed by atoms with Gasteiger partial charge in [0.25, 0.3) is 0 Å². The van der Waals surface area contributed by atoms with E-state index in [0.29, 0.717) is 11.0 Å². The van der Waals surface area contributed by atoms with Crippen LogP contribution in [0.3, 0.4) is 0 Å². The van der Waals surface area contributed by atoms with Crippen LogP contribution in [0, 0.1) is 0 Å². The molecule has 0 radical (unpaired) electrons. The Hall–Kier alpha value is -2.01. The van der Waals surface area contributed by atoms with E-state index in [1.807, 2.05) is 24.3 Å². The summed E-state index contributed by atoms with van der Waals surface area (Å²) >= 11 is 6.04. The van der Waals surface area contributed by atoms with Crippen LogP contribution in [0.15, 0.2) is 30.3 Å². The van der Waals surface area contributed by atoms with E-state index in [2.05, 4.69) is 27.2 Å². The van der Waals surface area contributed by atoms with E-state index in [9.17, 15) is 0 Å². The van der Waals surface area contributed by atoms with Crippen molar-refractivity contribution in [3.63, 3.8) is 0 Å². The molecule has 0 N–H and O–H groups in total. The Morgan fingerprint density at radius 1 is 1.21 bits per heavy atom. The van der Waals surface area contributed by atoms with Gasteiger partial charge in [-0.15, -0.1) is 5.10 Å². The number of fused-ring (bicyclic) bond motifs is 1. The lowest BCUT2D eigenvalue weighted by Crippen LogP contribution is -2.04. The number of halogens is 1. The van der Waals surface area contributed by atoms with Crippen LogP contribution in [0.1, 0.15) is 19.2 Å². The first-order valence-corrected chi connectivity index (χ1v) is 6.50. The zero-order valence-corrected chi connectivity index (χ0v) is 11.2. The van der Waals surface area contributed by atoms with E-state index in [1.165, 1.54) is 0 Å². The third-order valence-corrected chi connectivity index (χ3v) is 2.96. The Morgan fingerprint density at radius 2 is 2.05 bits per heavy atom. The van der Waals surface area contributed by atoms with Crippen LogP contribution < -0.4 is 0 Å². The number of rotatable bonds is 3. The minimum absolute atomic E-state index is 0.424. The summed E-state index contributed by atoms with van der Waals surface area (Å²) in [5.41, 5.74) is 1.73. The lowest BCUT2D eigenvalue weighted by atomic mass is 10.3. The van der Waals surface area contributed by atoms with Gasteiger partial charge in [-0.2, -0.15) is 4.68 Å². The maximum Gasteiger partial charge on any atom is 0.161 e. The molecule has 6 heteroatoms. The Morgan fingerprint density at radius 3 is 2.89 bits per heavy atom. The smallest absolute Gasteiger partial charge is 0.161 e. The number of para-hydroxylation sites is 1. The summed E-state index contributed by atoms with van der Waals surface area (Å²) in [6.45, 7) is 2.08. The molecule has 0 atom stereocenters. The molecule has 2 heterocycles. The first kappa shape index (κ1) is 12.0. The normalized spacial score (nSPS) is 11.1. The van der Waals surface area contributed by atoms with E-state index in [0.717, 1.165) is 29.7 Å². The van der Waals surface area contributed by atoms with Gasteiger partial charge in [-0.25, -0.2) is 9.97 Å². The molecular formula is C13H12ClN5. The fourth-order valence-electron chi connectivity index (χ4n) is 1.93. The molecule has 0 amide bonds. The maximum atomic E-state index is 6.04. The fourth-order valence-corrected chi connectivity index (χ4v) is 2.13. The molecule has 0 fully saturated rings. The zero-order valence-electron chi connectivity index (χ0n) is 10.4. The summed E-state index contributed by atoms with van der Waals surface area (Å²) in [6, 6.07) is 9.43. The fraction of sp³-hybridized carbons (Fsp3) is 0.231. The highest BCUT2D eigenvalue weighted by Gasteiger charge is 2.09. The maximum absolute atomic E-state index is 6.04. The van der Waals surface area contributed by atoms with Gasteiger partial charge in [-0.3, -0.25) is 0 Å². The molecular weight excluding hydrogens is 262 g/mol. The quantitative estimate of drug-likeness (QED) is 0.689. The van der Waals surface area contributed by atoms with Crippen molar-refractivity contribution in [3.05, 3.63) is 41.3 Å². The minimum atomic E-state index is 0.424.